The van der Waals surface area contributed by atoms with Crippen LogP contribution >= 0.6 is 0 Å². The van der Waals surface area contributed by atoms with Gasteiger partial charge < -0.3 is 9.84 Å². The highest BCUT2D eigenvalue weighted by Gasteiger charge is 2.12. The second-order valence-corrected chi connectivity index (χ2v) is 10.8. The highest BCUT2D eigenvalue weighted by molar-refractivity contribution is 5.74. The summed E-state index contributed by atoms with van der Waals surface area (Å²) in [5.74, 6) is 0.174. The quantitative estimate of drug-likeness (QED) is 0.128. The zero-order chi connectivity index (χ0) is 30.7. The van der Waals surface area contributed by atoms with Crippen molar-refractivity contribution in [2.24, 2.45) is 0 Å². The lowest BCUT2D eigenvalue weighted by molar-refractivity contribution is -0.137. The summed E-state index contributed by atoms with van der Waals surface area (Å²) in [6.07, 6.45) is 12.2. The highest BCUT2D eigenvalue weighted by atomic mass is 16.5. The Labute approximate surface area is 257 Å². The average Bonchev–Trinajstić information content (AvgIpc) is 3.06. The fourth-order valence-electron chi connectivity index (χ4n) is 5.14. The van der Waals surface area contributed by atoms with Crippen LogP contribution in [0.15, 0.2) is 102 Å². The van der Waals surface area contributed by atoms with Gasteiger partial charge in [0.25, 0.3) is 0 Å². The van der Waals surface area contributed by atoms with Crippen LogP contribution in [0.2, 0.25) is 0 Å². The first-order valence-electron chi connectivity index (χ1n) is 15.7. The molecule has 0 unspecified atom stereocenters. The van der Waals surface area contributed by atoms with Crippen LogP contribution in [0.3, 0.4) is 0 Å². The minimum Gasteiger partial charge on any atom is -0.489 e. The molecule has 3 aromatic carbocycles. The maximum absolute atomic E-state index is 11.0. The second-order valence-electron chi connectivity index (χ2n) is 10.8. The van der Waals surface area contributed by atoms with Crippen LogP contribution in [0.25, 0.3) is 0 Å². The number of rotatable bonds is 17. The van der Waals surface area contributed by atoms with E-state index in [1.54, 1.807) is 0 Å². The van der Waals surface area contributed by atoms with Gasteiger partial charge in [0, 0.05) is 25.1 Å². The Balaban J connectivity index is 0.00000248. The number of hydrogen-bond donors (Lipinski definition) is 1. The van der Waals surface area contributed by atoms with Gasteiger partial charge in [0.2, 0.25) is 0 Å². The molecule has 5 heteroatoms. The number of aryl methyl sites for hydroxylation is 1. The predicted octanol–water partition coefficient (Wildman–Crippen LogP) is 8.48. The van der Waals surface area contributed by atoms with Crippen LogP contribution in [-0.2, 0) is 24.2 Å². The van der Waals surface area contributed by atoms with E-state index in [9.17, 15) is 9.59 Å². The van der Waals surface area contributed by atoms with E-state index in [1.165, 1.54) is 22.3 Å². The van der Waals surface area contributed by atoms with Crippen LogP contribution in [0.5, 0.6) is 5.75 Å². The lowest BCUT2D eigenvalue weighted by Crippen LogP contribution is -2.27. The Morgan fingerprint density at radius 1 is 0.791 bits per heavy atom. The third-order valence-corrected chi connectivity index (χ3v) is 7.62. The molecule has 0 aromatic heterocycles. The van der Waals surface area contributed by atoms with Crippen molar-refractivity contribution in [3.8, 4) is 5.75 Å². The largest absolute Gasteiger partial charge is 0.489 e. The van der Waals surface area contributed by atoms with Crippen molar-refractivity contribution in [3.63, 3.8) is 0 Å². The molecule has 228 valence electrons. The number of carboxylic acid groups (broad SMARTS) is 1. The number of carbonyl (C=O) groups is 2. The lowest BCUT2D eigenvalue weighted by Gasteiger charge is -2.23. The van der Waals surface area contributed by atoms with E-state index in [-0.39, 0.29) is 6.42 Å². The second kappa shape index (κ2) is 19.3. The smallest absolute Gasteiger partial charge is 0.303 e. The van der Waals surface area contributed by atoms with Crippen molar-refractivity contribution >= 4 is 12.3 Å². The molecule has 0 bridgehead atoms. The van der Waals surface area contributed by atoms with Gasteiger partial charge in [-0.2, -0.15) is 0 Å². The van der Waals surface area contributed by atoms with E-state index in [0.717, 1.165) is 75.8 Å². The monoisotopic (exact) mass is 581 g/mol. The number of carbonyl (C=O) groups excluding carboxylic acids is 1. The number of ether oxygens (including phenoxy) is 1. The summed E-state index contributed by atoms with van der Waals surface area (Å²) in [7, 11) is 0. The van der Waals surface area contributed by atoms with Crippen LogP contribution in [-0.4, -0.2) is 42.0 Å². The summed E-state index contributed by atoms with van der Waals surface area (Å²) >= 11 is 0. The topological polar surface area (TPSA) is 66.8 Å². The Morgan fingerprint density at radius 3 is 2.19 bits per heavy atom. The molecule has 43 heavy (non-hydrogen) atoms. The van der Waals surface area contributed by atoms with Gasteiger partial charge >= 0.3 is 5.97 Å². The third kappa shape index (κ3) is 12.4. The van der Waals surface area contributed by atoms with Crippen molar-refractivity contribution < 1.29 is 19.4 Å². The molecule has 0 amide bonds. The molecule has 0 spiro atoms. The number of para-hydroxylation sites is 1. The fourth-order valence-corrected chi connectivity index (χ4v) is 5.14. The minimum absolute atomic E-state index is 0.193. The fraction of sp³-hybridized carbons (Fsp3) is 0.368. The maximum atomic E-state index is 11.0. The van der Waals surface area contributed by atoms with Crippen LogP contribution in [0.4, 0.5) is 0 Å². The van der Waals surface area contributed by atoms with Crippen LogP contribution < -0.4 is 4.74 Å². The average molecular weight is 582 g/mol. The Bertz CT molecular complexity index is 1310. The molecule has 0 atom stereocenters. The molecule has 0 radical (unpaired) electrons. The molecule has 4 rings (SSSR count). The van der Waals surface area contributed by atoms with E-state index < -0.39 is 5.97 Å². The van der Waals surface area contributed by atoms with E-state index in [1.807, 2.05) is 44.2 Å². The molecule has 0 heterocycles. The maximum Gasteiger partial charge on any atom is 0.303 e. The predicted molar refractivity (Wildman–Crippen MR) is 176 cm³/mol. The molecule has 5 nitrogen and oxygen atoms in total. The first-order valence-corrected chi connectivity index (χ1v) is 15.7. The van der Waals surface area contributed by atoms with Gasteiger partial charge in [-0.25, -0.2) is 0 Å². The van der Waals surface area contributed by atoms with Crippen molar-refractivity contribution in [1.82, 2.24) is 4.90 Å². The van der Waals surface area contributed by atoms with E-state index in [2.05, 4.69) is 65.6 Å². The molecular formula is C38H47NO4. The van der Waals surface area contributed by atoms with Crippen molar-refractivity contribution in [2.75, 3.05) is 19.7 Å². The van der Waals surface area contributed by atoms with Crippen LogP contribution in [0, 0.1) is 0 Å². The first-order chi connectivity index (χ1) is 21.1. The number of benzene rings is 3. The first kappa shape index (κ1) is 33.5. The number of aldehydes is 1. The van der Waals surface area contributed by atoms with Crippen molar-refractivity contribution in [3.05, 3.63) is 124 Å². The SMILES string of the molecule is CC.O=Cc1ccc(CN(CCCCC(=O)O)CCc2ccccc2OCC2=CC=C(CCc3ccccc3)CC2)cc1. The molecule has 0 aliphatic heterocycles. The molecular weight excluding hydrogens is 534 g/mol. The molecule has 3 aromatic rings. The number of hydrogen-bond acceptors (Lipinski definition) is 4. The summed E-state index contributed by atoms with van der Waals surface area (Å²) in [5, 5.41) is 9.01. The summed E-state index contributed by atoms with van der Waals surface area (Å²) in [6.45, 7) is 7.00. The third-order valence-electron chi connectivity index (χ3n) is 7.62. The standard InChI is InChI=1S/C36H41NO4.C2H6/c38-27-32-19-17-31(18-20-32)26-37(24-7-6-12-36(39)40)25-23-34-10-4-5-11-35(34)41-28-33-21-15-30(16-22-33)14-13-29-8-2-1-3-9-29;1-2/h1-5,8-11,15,17-21,27H,6-7,12-14,16,22-26,28H2,(H,39,40);1-2H3. The minimum atomic E-state index is -0.751. The lowest BCUT2D eigenvalue weighted by atomic mass is 9.94. The highest BCUT2D eigenvalue weighted by Crippen LogP contribution is 2.25. The Hall–Kier alpha value is -3.96. The van der Waals surface area contributed by atoms with Gasteiger partial charge in [0.1, 0.15) is 18.6 Å². The molecule has 1 aliphatic rings. The molecule has 0 saturated heterocycles. The van der Waals surface area contributed by atoms with E-state index in [4.69, 9.17) is 9.84 Å². The van der Waals surface area contributed by atoms with E-state index >= 15 is 0 Å². The van der Waals surface area contributed by atoms with Crippen LogP contribution in [0.1, 0.15) is 79.4 Å². The molecule has 0 fully saturated rings. The Kier molecular flexibility index (Phi) is 15.0. The Morgan fingerprint density at radius 2 is 1.49 bits per heavy atom. The van der Waals surface area contributed by atoms with Gasteiger partial charge in [0.15, 0.2) is 0 Å². The van der Waals surface area contributed by atoms with Crippen molar-refractivity contribution in [1.29, 1.82) is 0 Å². The normalized spacial score (nSPS) is 12.5. The van der Waals surface area contributed by atoms with Gasteiger partial charge in [-0.3, -0.25) is 14.5 Å². The number of nitrogens with zero attached hydrogens (tertiary/aromatic N) is 1. The van der Waals surface area contributed by atoms with Gasteiger partial charge in [-0.1, -0.05) is 104 Å². The zero-order valence-electron chi connectivity index (χ0n) is 25.8. The molecule has 1 aliphatic carbocycles. The number of allylic oxidation sites excluding steroid dienone is 3. The van der Waals surface area contributed by atoms with E-state index in [0.29, 0.717) is 18.6 Å². The molecule has 1 N–H and O–H groups in total. The summed E-state index contributed by atoms with van der Waals surface area (Å²) < 4.78 is 6.33. The number of aliphatic carboxylic acids is 1. The zero-order valence-corrected chi connectivity index (χ0v) is 25.8. The van der Waals surface area contributed by atoms with Gasteiger partial charge in [-0.05, 0) is 79.8 Å². The van der Waals surface area contributed by atoms with Crippen molar-refractivity contribution in [2.45, 2.75) is 71.8 Å². The number of carboxylic acids is 1. The summed E-state index contributed by atoms with van der Waals surface area (Å²) in [5.41, 5.74) is 7.19. The van der Waals surface area contributed by atoms with Gasteiger partial charge in [0.05, 0.1) is 0 Å². The number of unbranched alkanes of at least 4 members (excludes halogenated alkanes) is 1. The summed E-state index contributed by atoms with van der Waals surface area (Å²) in [6, 6.07) is 26.6. The van der Waals surface area contributed by atoms with Gasteiger partial charge in [-0.15, -0.1) is 0 Å². The summed E-state index contributed by atoms with van der Waals surface area (Å²) in [4.78, 5) is 24.3. The molecule has 0 saturated carbocycles.